The Labute approximate surface area is 171 Å². The predicted octanol–water partition coefficient (Wildman–Crippen LogP) is 2.45. The molecule has 4 rings (SSSR count). The van der Waals surface area contributed by atoms with E-state index in [1.54, 1.807) is 12.1 Å². The lowest BCUT2D eigenvalue weighted by atomic mass is 10.00. The fourth-order valence-electron chi connectivity index (χ4n) is 3.48. The fourth-order valence-corrected chi connectivity index (χ4v) is 4.39. The van der Waals surface area contributed by atoms with E-state index < -0.39 is 18.0 Å². The molecular formula is C19H21FN4O4S. The van der Waals surface area contributed by atoms with Crippen LogP contribution in [-0.2, 0) is 9.53 Å². The Morgan fingerprint density at radius 2 is 2.24 bits per heavy atom. The van der Waals surface area contributed by atoms with E-state index in [1.807, 2.05) is 5.01 Å². The van der Waals surface area contributed by atoms with Crippen LogP contribution in [0.1, 0.15) is 30.1 Å². The van der Waals surface area contributed by atoms with Crippen molar-refractivity contribution in [2.24, 2.45) is 4.99 Å². The highest BCUT2D eigenvalue weighted by Crippen LogP contribution is 2.33. The topological polar surface area (TPSA) is 94.5 Å². The first-order valence-corrected chi connectivity index (χ1v) is 10.3. The quantitative estimate of drug-likeness (QED) is 0.710. The minimum absolute atomic E-state index is 0.150. The maximum atomic E-state index is 13.9. The summed E-state index contributed by atoms with van der Waals surface area (Å²) in [7, 11) is 0. The van der Waals surface area contributed by atoms with Gasteiger partial charge in [0.15, 0.2) is 5.17 Å². The first-order chi connectivity index (χ1) is 14.0. The van der Waals surface area contributed by atoms with Crippen LogP contribution in [0.5, 0.6) is 0 Å². The number of nitrogens with zero attached hydrogens (tertiary/aromatic N) is 3. The number of hydrazine groups is 1. The summed E-state index contributed by atoms with van der Waals surface area (Å²) in [5, 5.41) is 11.7. The summed E-state index contributed by atoms with van der Waals surface area (Å²) in [6.07, 6.45) is 2.15. The molecule has 2 N–H and O–H groups in total. The Hall–Kier alpha value is -2.43. The van der Waals surface area contributed by atoms with Gasteiger partial charge in [0, 0.05) is 19.6 Å². The molecule has 0 bridgehead atoms. The van der Waals surface area contributed by atoms with Gasteiger partial charge in [-0.2, -0.15) is 4.99 Å². The van der Waals surface area contributed by atoms with Gasteiger partial charge < -0.3 is 14.7 Å². The molecule has 1 atom stereocenters. The van der Waals surface area contributed by atoms with Crippen LogP contribution in [0.25, 0.3) is 6.08 Å². The number of hydrogen-bond donors (Lipinski definition) is 2. The maximum Gasteiger partial charge on any atom is 0.407 e. The number of carbonyl (C=O) groups excluding carboxylic acids is 1. The van der Waals surface area contributed by atoms with Crippen LogP contribution < -0.4 is 5.43 Å². The van der Waals surface area contributed by atoms with Gasteiger partial charge in [0.1, 0.15) is 11.9 Å². The number of aliphatic imine (C=N–C) groups is 1. The molecule has 2 amide bonds. The van der Waals surface area contributed by atoms with Gasteiger partial charge in [-0.3, -0.25) is 9.80 Å². The molecule has 3 heterocycles. The highest BCUT2D eigenvalue weighted by atomic mass is 32.2. The molecule has 1 aromatic rings. The van der Waals surface area contributed by atoms with Crippen LogP contribution in [0.4, 0.5) is 9.18 Å². The van der Waals surface area contributed by atoms with Crippen molar-refractivity contribution in [3.8, 4) is 0 Å². The van der Waals surface area contributed by atoms with Gasteiger partial charge in [-0.05, 0) is 53.9 Å². The first kappa shape index (κ1) is 19.9. The van der Waals surface area contributed by atoms with E-state index in [2.05, 4.69) is 10.4 Å². The zero-order chi connectivity index (χ0) is 20.4. The zero-order valence-corrected chi connectivity index (χ0v) is 16.5. The average molecular weight is 420 g/mol. The van der Waals surface area contributed by atoms with Crippen LogP contribution in [0.3, 0.4) is 0 Å². The summed E-state index contributed by atoms with van der Waals surface area (Å²) in [5.74, 6) is -0.815. The third-order valence-corrected chi connectivity index (χ3v) is 5.98. The van der Waals surface area contributed by atoms with Gasteiger partial charge in [0.05, 0.1) is 18.1 Å². The minimum atomic E-state index is -1.02. The average Bonchev–Trinajstić information content (AvgIpc) is 3.09. The van der Waals surface area contributed by atoms with Crippen molar-refractivity contribution in [3.63, 3.8) is 0 Å². The number of carboxylic acid groups (broad SMARTS) is 1. The number of benzene rings is 1. The van der Waals surface area contributed by atoms with Crippen molar-refractivity contribution in [1.82, 2.24) is 15.3 Å². The second kappa shape index (κ2) is 8.52. The third-order valence-electron chi connectivity index (χ3n) is 4.97. The molecule has 1 unspecified atom stereocenters. The minimum Gasteiger partial charge on any atom is -0.465 e. The monoisotopic (exact) mass is 420 g/mol. The molecule has 2 saturated heterocycles. The van der Waals surface area contributed by atoms with Crippen LogP contribution >= 0.6 is 11.8 Å². The molecule has 3 aliphatic rings. The Balaban J connectivity index is 1.58. The SMILES string of the molecule is O=C1N=C(N2CCCCN2)S/C1=C\c1cc(F)ccc1C1CN(C(=O)O)CCO1. The largest absolute Gasteiger partial charge is 0.465 e. The fraction of sp³-hybridized carbons (Fsp3) is 0.421. The normalized spacial score (nSPS) is 24.2. The molecule has 0 aliphatic carbocycles. The summed E-state index contributed by atoms with van der Waals surface area (Å²) in [4.78, 5) is 29.5. The predicted molar refractivity (Wildman–Crippen MR) is 107 cm³/mol. The standard InChI is InChI=1S/C19H21FN4O4S/c20-13-3-4-14(15-11-23(19(26)27)7-8-28-15)12(9-13)10-16-17(25)22-18(29-16)24-6-2-1-5-21-24/h3-4,9-10,15,21H,1-2,5-8,11H2,(H,26,27)/b16-10-. The van der Waals surface area contributed by atoms with E-state index in [0.717, 1.165) is 25.9 Å². The van der Waals surface area contributed by atoms with Crippen LogP contribution in [-0.4, -0.2) is 65.0 Å². The maximum absolute atomic E-state index is 13.9. The van der Waals surface area contributed by atoms with E-state index in [9.17, 15) is 19.1 Å². The zero-order valence-electron chi connectivity index (χ0n) is 15.6. The van der Waals surface area contributed by atoms with Gasteiger partial charge >= 0.3 is 6.09 Å². The Kier molecular flexibility index (Phi) is 5.84. The second-order valence-electron chi connectivity index (χ2n) is 6.94. The molecule has 3 aliphatic heterocycles. The highest BCUT2D eigenvalue weighted by molar-refractivity contribution is 8.18. The van der Waals surface area contributed by atoms with Crippen LogP contribution in [0.15, 0.2) is 28.1 Å². The smallest absolute Gasteiger partial charge is 0.407 e. The van der Waals surface area contributed by atoms with Crippen molar-refractivity contribution in [2.75, 3.05) is 32.8 Å². The molecule has 2 fully saturated rings. The molecular weight excluding hydrogens is 399 g/mol. The summed E-state index contributed by atoms with van der Waals surface area (Å²) in [6.45, 7) is 2.31. The molecule has 10 heteroatoms. The Morgan fingerprint density at radius 1 is 1.38 bits per heavy atom. The van der Waals surface area contributed by atoms with E-state index in [4.69, 9.17) is 4.74 Å². The van der Waals surface area contributed by atoms with Gasteiger partial charge in [-0.15, -0.1) is 0 Å². The number of hydrogen-bond acceptors (Lipinski definition) is 6. The number of halogens is 1. The molecule has 154 valence electrons. The summed E-state index contributed by atoms with van der Waals surface area (Å²) in [5.41, 5.74) is 4.34. The second-order valence-corrected chi connectivity index (χ2v) is 7.95. The summed E-state index contributed by atoms with van der Waals surface area (Å²) < 4.78 is 19.7. The number of ether oxygens (including phenoxy) is 1. The molecule has 29 heavy (non-hydrogen) atoms. The first-order valence-electron chi connectivity index (χ1n) is 9.44. The van der Waals surface area contributed by atoms with E-state index >= 15 is 0 Å². The molecule has 8 nitrogen and oxygen atoms in total. The van der Waals surface area contributed by atoms with E-state index in [-0.39, 0.29) is 25.6 Å². The van der Waals surface area contributed by atoms with Crippen LogP contribution in [0.2, 0.25) is 0 Å². The van der Waals surface area contributed by atoms with Crippen molar-refractivity contribution in [3.05, 3.63) is 40.0 Å². The van der Waals surface area contributed by atoms with Gasteiger partial charge in [0.25, 0.3) is 5.91 Å². The summed E-state index contributed by atoms with van der Waals surface area (Å²) in [6, 6.07) is 4.22. The number of rotatable bonds is 2. The lowest BCUT2D eigenvalue weighted by Gasteiger charge is -2.32. The highest BCUT2D eigenvalue weighted by Gasteiger charge is 2.29. The third kappa shape index (κ3) is 4.44. The Morgan fingerprint density at radius 3 is 3.00 bits per heavy atom. The van der Waals surface area contributed by atoms with E-state index in [1.165, 1.54) is 28.8 Å². The molecule has 0 saturated carbocycles. The number of carbonyl (C=O) groups is 2. The van der Waals surface area contributed by atoms with Crippen molar-refractivity contribution < 1.29 is 23.8 Å². The molecule has 1 aromatic carbocycles. The lowest BCUT2D eigenvalue weighted by molar-refractivity contribution is -0.113. The molecule has 0 radical (unpaired) electrons. The molecule has 0 spiro atoms. The van der Waals surface area contributed by atoms with Gasteiger partial charge in [-0.25, -0.2) is 14.6 Å². The number of morpholine rings is 1. The lowest BCUT2D eigenvalue weighted by Crippen LogP contribution is -2.45. The molecule has 0 aromatic heterocycles. The van der Waals surface area contributed by atoms with Crippen molar-refractivity contribution in [1.29, 1.82) is 0 Å². The van der Waals surface area contributed by atoms with Crippen molar-refractivity contribution in [2.45, 2.75) is 18.9 Å². The number of thioether (sulfide) groups is 1. The van der Waals surface area contributed by atoms with E-state index in [0.29, 0.717) is 21.2 Å². The Bertz CT molecular complexity index is 885. The number of nitrogens with one attached hydrogen (secondary N) is 1. The van der Waals surface area contributed by atoms with Gasteiger partial charge in [0.2, 0.25) is 0 Å². The van der Waals surface area contributed by atoms with Crippen LogP contribution in [0, 0.1) is 5.82 Å². The summed E-state index contributed by atoms with van der Waals surface area (Å²) >= 11 is 1.24. The number of amidine groups is 1. The van der Waals surface area contributed by atoms with Gasteiger partial charge in [-0.1, -0.05) is 6.07 Å². The van der Waals surface area contributed by atoms with Crippen molar-refractivity contribution >= 4 is 35.0 Å². The number of amides is 2.